The van der Waals surface area contributed by atoms with Crippen molar-refractivity contribution in [3.8, 4) is 11.5 Å². The van der Waals surface area contributed by atoms with Crippen LogP contribution in [0, 0.1) is 11.6 Å². The van der Waals surface area contributed by atoms with Crippen LogP contribution >= 0.6 is 34.8 Å². The summed E-state index contributed by atoms with van der Waals surface area (Å²) in [5, 5.41) is 0.454. The number of halogens is 5. The molecule has 2 aromatic carbocycles. The van der Waals surface area contributed by atoms with Gasteiger partial charge < -0.3 is 10.5 Å². The average molecular weight is 339 g/mol. The summed E-state index contributed by atoms with van der Waals surface area (Å²) in [4.78, 5) is 0. The molecule has 0 saturated carbocycles. The topological polar surface area (TPSA) is 35.2 Å². The number of benzene rings is 2. The van der Waals surface area contributed by atoms with Crippen LogP contribution in [0.4, 0.5) is 8.78 Å². The average Bonchev–Trinajstić information content (AvgIpc) is 2.39. The number of ether oxygens (including phenoxy) is 1. The lowest BCUT2D eigenvalue weighted by atomic mass is 10.2. The Balaban J connectivity index is 2.42. The van der Waals surface area contributed by atoms with Crippen molar-refractivity contribution < 1.29 is 13.5 Å². The lowest BCUT2D eigenvalue weighted by molar-refractivity contribution is 0.406. The largest absolute Gasteiger partial charge is 0.450 e. The van der Waals surface area contributed by atoms with E-state index in [0.717, 1.165) is 12.1 Å². The molecule has 2 aromatic rings. The fourth-order valence-corrected chi connectivity index (χ4v) is 2.10. The Hall–Kier alpha value is -1.07. The number of nitrogens with two attached hydrogens (primary N) is 1. The molecule has 2 nitrogen and oxygen atoms in total. The highest BCUT2D eigenvalue weighted by atomic mass is 35.5. The standard InChI is InChI=1S/C13H8Cl3F2NO/c14-7-3-9(16)12(4-8(7)15)20-13-10(17)1-6(5-19)2-11(13)18/h1-4H,5,19H2. The van der Waals surface area contributed by atoms with E-state index in [1.807, 2.05) is 0 Å². The van der Waals surface area contributed by atoms with E-state index in [9.17, 15) is 8.78 Å². The quantitative estimate of drug-likeness (QED) is 0.783. The van der Waals surface area contributed by atoms with E-state index >= 15 is 0 Å². The van der Waals surface area contributed by atoms with Crippen LogP contribution in [-0.4, -0.2) is 0 Å². The molecule has 0 radical (unpaired) electrons. The van der Waals surface area contributed by atoms with E-state index in [4.69, 9.17) is 45.3 Å². The molecule has 2 rings (SSSR count). The predicted octanol–water partition coefficient (Wildman–Crippen LogP) is 5.18. The first kappa shape index (κ1) is 15.3. The second-order valence-corrected chi connectivity index (χ2v) is 5.11. The van der Waals surface area contributed by atoms with Crippen molar-refractivity contribution in [1.29, 1.82) is 0 Å². The predicted molar refractivity (Wildman–Crippen MR) is 75.8 cm³/mol. The Morgan fingerprint density at radius 2 is 1.45 bits per heavy atom. The highest BCUT2D eigenvalue weighted by molar-refractivity contribution is 6.43. The van der Waals surface area contributed by atoms with Gasteiger partial charge in [0.1, 0.15) is 5.75 Å². The summed E-state index contributed by atoms with van der Waals surface area (Å²) in [6.07, 6.45) is 0. The van der Waals surface area contributed by atoms with Gasteiger partial charge in [-0.1, -0.05) is 34.8 Å². The zero-order valence-electron chi connectivity index (χ0n) is 9.89. The van der Waals surface area contributed by atoms with Gasteiger partial charge in [-0.2, -0.15) is 0 Å². The normalized spacial score (nSPS) is 10.7. The smallest absolute Gasteiger partial charge is 0.198 e. The SMILES string of the molecule is NCc1cc(F)c(Oc2cc(Cl)c(Cl)cc2Cl)c(F)c1. The summed E-state index contributed by atoms with van der Waals surface area (Å²) in [5.41, 5.74) is 5.64. The highest BCUT2D eigenvalue weighted by Crippen LogP contribution is 2.38. The van der Waals surface area contributed by atoms with Crippen LogP contribution in [0.1, 0.15) is 5.56 Å². The maximum absolute atomic E-state index is 13.8. The number of rotatable bonds is 3. The summed E-state index contributed by atoms with van der Waals surface area (Å²) < 4.78 is 32.7. The molecule has 106 valence electrons. The van der Waals surface area contributed by atoms with E-state index in [1.165, 1.54) is 12.1 Å². The Morgan fingerprint density at radius 1 is 0.900 bits per heavy atom. The first-order valence-corrected chi connectivity index (χ1v) is 6.56. The van der Waals surface area contributed by atoms with Crippen molar-refractivity contribution in [3.05, 3.63) is 56.5 Å². The van der Waals surface area contributed by atoms with Crippen LogP contribution in [0.2, 0.25) is 15.1 Å². The van der Waals surface area contributed by atoms with Crippen LogP contribution in [0.25, 0.3) is 0 Å². The van der Waals surface area contributed by atoms with E-state index in [2.05, 4.69) is 0 Å². The van der Waals surface area contributed by atoms with E-state index in [0.29, 0.717) is 5.56 Å². The Bertz CT molecular complexity index is 641. The molecule has 0 spiro atoms. The first-order valence-electron chi connectivity index (χ1n) is 5.42. The summed E-state index contributed by atoms with van der Waals surface area (Å²) in [5.74, 6) is -2.35. The van der Waals surface area contributed by atoms with Gasteiger partial charge in [0.05, 0.1) is 15.1 Å². The second kappa shape index (κ2) is 6.14. The van der Waals surface area contributed by atoms with Gasteiger partial charge in [-0.3, -0.25) is 0 Å². The zero-order chi connectivity index (χ0) is 14.9. The number of hydrogen-bond donors (Lipinski definition) is 1. The molecule has 0 unspecified atom stereocenters. The van der Waals surface area contributed by atoms with Crippen LogP contribution in [0.5, 0.6) is 11.5 Å². The number of hydrogen-bond acceptors (Lipinski definition) is 2. The Kier molecular flexibility index (Phi) is 4.70. The third kappa shape index (κ3) is 3.15. The molecular formula is C13H8Cl3F2NO. The third-order valence-corrected chi connectivity index (χ3v) is 3.50. The lowest BCUT2D eigenvalue weighted by Gasteiger charge is -2.11. The Morgan fingerprint density at radius 3 is 2.00 bits per heavy atom. The lowest BCUT2D eigenvalue weighted by Crippen LogP contribution is -2.00. The van der Waals surface area contributed by atoms with Crippen LogP contribution in [0.3, 0.4) is 0 Å². The van der Waals surface area contributed by atoms with Crippen molar-refractivity contribution in [2.75, 3.05) is 0 Å². The molecule has 0 amide bonds. The van der Waals surface area contributed by atoms with Gasteiger partial charge in [0, 0.05) is 12.6 Å². The molecule has 20 heavy (non-hydrogen) atoms. The Labute approximate surface area is 129 Å². The first-order chi connectivity index (χ1) is 9.42. The highest BCUT2D eigenvalue weighted by Gasteiger charge is 2.16. The van der Waals surface area contributed by atoms with Crippen molar-refractivity contribution in [2.24, 2.45) is 5.73 Å². The molecule has 0 atom stereocenters. The van der Waals surface area contributed by atoms with Gasteiger partial charge in [-0.15, -0.1) is 0 Å². The fourth-order valence-electron chi connectivity index (χ4n) is 1.52. The molecule has 2 N–H and O–H groups in total. The van der Waals surface area contributed by atoms with Crippen molar-refractivity contribution in [2.45, 2.75) is 6.54 Å². The molecule has 0 bridgehead atoms. The van der Waals surface area contributed by atoms with Gasteiger partial charge in [0.15, 0.2) is 17.4 Å². The minimum atomic E-state index is -0.882. The van der Waals surface area contributed by atoms with Crippen molar-refractivity contribution >= 4 is 34.8 Å². The molecule has 0 aliphatic carbocycles. The van der Waals surface area contributed by atoms with Gasteiger partial charge in [0.25, 0.3) is 0 Å². The van der Waals surface area contributed by atoms with Gasteiger partial charge in [-0.25, -0.2) is 8.78 Å². The van der Waals surface area contributed by atoms with Crippen molar-refractivity contribution in [1.82, 2.24) is 0 Å². The minimum Gasteiger partial charge on any atom is -0.450 e. The molecule has 0 aliphatic rings. The minimum absolute atomic E-state index is 0.000588. The van der Waals surface area contributed by atoms with Gasteiger partial charge >= 0.3 is 0 Å². The summed E-state index contributed by atoms with van der Waals surface area (Å²) in [7, 11) is 0. The fraction of sp³-hybridized carbons (Fsp3) is 0.0769. The van der Waals surface area contributed by atoms with Gasteiger partial charge in [0.2, 0.25) is 0 Å². The van der Waals surface area contributed by atoms with Crippen LogP contribution < -0.4 is 10.5 Å². The summed E-state index contributed by atoms with van der Waals surface area (Å²) in [6, 6.07) is 4.78. The molecule has 0 aromatic heterocycles. The van der Waals surface area contributed by atoms with E-state index < -0.39 is 17.4 Å². The van der Waals surface area contributed by atoms with Crippen molar-refractivity contribution in [3.63, 3.8) is 0 Å². The van der Waals surface area contributed by atoms with Crippen LogP contribution in [-0.2, 0) is 6.54 Å². The maximum atomic E-state index is 13.8. The van der Waals surface area contributed by atoms with Gasteiger partial charge in [-0.05, 0) is 23.8 Å². The monoisotopic (exact) mass is 337 g/mol. The zero-order valence-corrected chi connectivity index (χ0v) is 12.2. The maximum Gasteiger partial charge on any atom is 0.198 e. The molecular weight excluding hydrogens is 331 g/mol. The van der Waals surface area contributed by atoms with E-state index in [-0.39, 0.29) is 27.4 Å². The summed E-state index contributed by atoms with van der Waals surface area (Å²) >= 11 is 17.4. The summed E-state index contributed by atoms with van der Waals surface area (Å²) in [6.45, 7) is 0.0155. The third-order valence-electron chi connectivity index (χ3n) is 2.48. The molecule has 0 fully saturated rings. The molecule has 0 aliphatic heterocycles. The molecule has 0 heterocycles. The second-order valence-electron chi connectivity index (χ2n) is 3.89. The molecule has 7 heteroatoms. The van der Waals surface area contributed by atoms with Crippen LogP contribution in [0.15, 0.2) is 24.3 Å². The van der Waals surface area contributed by atoms with E-state index in [1.54, 1.807) is 0 Å². The molecule has 0 saturated heterocycles.